The van der Waals surface area contributed by atoms with E-state index in [0.717, 1.165) is 10.7 Å². The van der Waals surface area contributed by atoms with Crippen molar-refractivity contribution < 1.29 is 9.34 Å². The van der Waals surface area contributed by atoms with Crippen LogP contribution in [0.3, 0.4) is 0 Å². The molecule has 2 heterocycles. The second-order valence-corrected chi connectivity index (χ2v) is 5.20. The summed E-state index contributed by atoms with van der Waals surface area (Å²) < 4.78 is 5.46. The molecule has 0 aliphatic carbocycles. The Morgan fingerprint density at radius 2 is 2.30 bits per heavy atom. The van der Waals surface area contributed by atoms with E-state index in [2.05, 4.69) is 15.3 Å². The van der Waals surface area contributed by atoms with Gasteiger partial charge in [0, 0.05) is 17.5 Å². The normalized spacial score (nSPS) is 10.8. The molecule has 0 fully saturated rings. The number of nitro benzene ring substituents is 1. The molecule has 0 unspecified atom stereocenters. The van der Waals surface area contributed by atoms with E-state index in [1.807, 2.05) is 12.3 Å². The van der Waals surface area contributed by atoms with Crippen LogP contribution < -0.4 is 5.32 Å². The minimum atomic E-state index is -0.459. The number of hydrogen-bond donors (Lipinski definition) is 1. The smallest absolute Gasteiger partial charge is 0.296 e. The summed E-state index contributed by atoms with van der Waals surface area (Å²) in [6, 6.07) is 4.64. The average molecular weight is 290 g/mol. The maximum Gasteiger partial charge on any atom is 0.296 e. The number of fused-ring (bicyclic) bond motifs is 1. The van der Waals surface area contributed by atoms with Crippen molar-refractivity contribution in [1.29, 1.82) is 0 Å². The van der Waals surface area contributed by atoms with Crippen molar-refractivity contribution in [2.75, 3.05) is 5.32 Å². The zero-order chi connectivity index (χ0) is 14.1. The van der Waals surface area contributed by atoms with Crippen LogP contribution in [0.2, 0.25) is 0 Å². The molecule has 0 aliphatic heterocycles. The number of hydrogen-bond acceptors (Lipinski definition) is 7. The molecule has 0 saturated carbocycles. The highest BCUT2D eigenvalue weighted by atomic mass is 32.1. The standard InChI is InChI=1S/C12H10N4O3S/c1-7-14-8(6-20-7)5-13-12-15-10-4-9(16(17)18)2-3-11(10)19-12/h2-4,6H,5H2,1H3,(H,13,15). The molecule has 0 spiro atoms. The van der Waals surface area contributed by atoms with Gasteiger partial charge < -0.3 is 9.73 Å². The third-order valence-electron chi connectivity index (χ3n) is 2.67. The fraction of sp³-hybridized carbons (Fsp3) is 0.167. The number of nitrogens with zero attached hydrogens (tertiary/aromatic N) is 3. The lowest BCUT2D eigenvalue weighted by Crippen LogP contribution is -1.99. The number of thiazole rings is 1. The molecule has 0 radical (unpaired) electrons. The maximum absolute atomic E-state index is 10.7. The summed E-state index contributed by atoms with van der Waals surface area (Å²) in [6.07, 6.45) is 0. The van der Waals surface area contributed by atoms with Gasteiger partial charge >= 0.3 is 0 Å². The fourth-order valence-electron chi connectivity index (χ4n) is 1.76. The van der Waals surface area contributed by atoms with E-state index >= 15 is 0 Å². The van der Waals surface area contributed by atoms with E-state index in [0.29, 0.717) is 23.7 Å². The largest absolute Gasteiger partial charge is 0.424 e. The lowest BCUT2D eigenvalue weighted by atomic mass is 10.3. The lowest BCUT2D eigenvalue weighted by molar-refractivity contribution is -0.384. The van der Waals surface area contributed by atoms with Gasteiger partial charge in [0.25, 0.3) is 11.7 Å². The molecule has 0 aliphatic rings. The number of aryl methyl sites for hydroxylation is 1. The number of anilines is 1. The van der Waals surface area contributed by atoms with E-state index in [1.165, 1.54) is 12.1 Å². The van der Waals surface area contributed by atoms with Crippen LogP contribution in [0.15, 0.2) is 28.0 Å². The fourth-order valence-corrected chi connectivity index (χ4v) is 2.37. The van der Waals surface area contributed by atoms with Crippen molar-refractivity contribution in [3.05, 3.63) is 44.4 Å². The Balaban J connectivity index is 1.80. The summed E-state index contributed by atoms with van der Waals surface area (Å²) in [5.74, 6) is 0. The number of oxazole rings is 1. The van der Waals surface area contributed by atoms with E-state index in [1.54, 1.807) is 17.4 Å². The molecule has 0 bridgehead atoms. The lowest BCUT2D eigenvalue weighted by Gasteiger charge is -1.96. The first-order valence-corrected chi connectivity index (χ1v) is 6.69. The SMILES string of the molecule is Cc1nc(CNc2nc3cc([N+](=O)[O-])ccc3o2)cs1. The third kappa shape index (κ3) is 2.45. The Morgan fingerprint density at radius 3 is 3.00 bits per heavy atom. The Morgan fingerprint density at radius 1 is 1.45 bits per heavy atom. The van der Waals surface area contributed by atoms with Crippen LogP contribution in [0.1, 0.15) is 10.7 Å². The highest BCUT2D eigenvalue weighted by Crippen LogP contribution is 2.23. The first-order chi connectivity index (χ1) is 9.61. The summed E-state index contributed by atoms with van der Waals surface area (Å²) in [7, 11) is 0. The van der Waals surface area contributed by atoms with Crippen LogP contribution in [0.25, 0.3) is 11.1 Å². The molecular formula is C12H10N4O3S. The van der Waals surface area contributed by atoms with Crippen molar-refractivity contribution in [2.24, 2.45) is 0 Å². The van der Waals surface area contributed by atoms with Gasteiger partial charge in [-0.05, 0) is 13.0 Å². The Kier molecular flexibility index (Phi) is 3.07. The highest BCUT2D eigenvalue weighted by molar-refractivity contribution is 7.09. The van der Waals surface area contributed by atoms with E-state index < -0.39 is 4.92 Å². The maximum atomic E-state index is 10.7. The van der Waals surface area contributed by atoms with E-state index in [9.17, 15) is 10.1 Å². The van der Waals surface area contributed by atoms with Crippen molar-refractivity contribution in [3.8, 4) is 0 Å². The van der Waals surface area contributed by atoms with Gasteiger partial charge in [0.15, 0.2) is 5.58 Å². The van der Waals surface area contributed by atoms with Gasteiger partial charge in [-0.3, -0.25) is 10.1 Å². The molecule has 1 N–H and O–H groups in total. The molecule has 2 aromatic heterocycles. The van der Waals surface area contributed by atoms with Crippen LogP contribution in [-0.4, -0.2) is 14.9 Å². The van der Waals surface area contributed by atoms with Crippen LogP contribution in [0, 0.1) is 17.0 Å². The van der Waals surface area contributed by atoms with Crippen molar-refractivity contribution >= 4 is 34.1 Å². The Hall–Kier alpha value is -2.48. The predicted molar refractivity (Wildman–Crippen MR) is 74.8 cm³/mol. The molecule has 0 atom stereocenters. The second-order valence-electron chi connectivity index (χ2n) is 4.14. The monoisotopic (exact) mass is 290 g/mol. The molecule has 0 amide bonds. The number of nitro groups is 1. The molecule has 0 saturated heterocycles. The average Bonchev–Trinajstić information content (AvgIpc) is 3.00. The first-order valence-electron chi connectivity index (χ1n) is 5.82. The van der Waals surface area contributed by atoms with Crippen molar-refractivity contribution in [2.45, 2.75) is 13.5 Å². The quantitative estimate of drug-likeness (QED) is 0.586. The van der Waals surface area contributed by atoms with E-state index in [4.69, 9.17) is 4.42 Å². The minimum Gasteiger partial charge on any atom is -0.424 e. The van der Waals surface area contributed by atoms with Gasteiger partial charge in [0.05, 0.1) is 22.2 Å². The molecule has 3 rings (SSSR count). The third-order valence-corrected chi connectivity index (χ3v) is 3.49. The molecule has 102 valence electrons. The predicted octanol–water partition coefficient (Wildman–Crippen LogP) is 3.11. The van der Waals surface area contributed by atoms with Gasteiger partial charge in [-0.2, -0.15) is 4.98 Å². The molecule has 1 aromatic carbocycles. The molecule has 3 aromatic rings. The molecule has 20 heavy (non-hydrogen) atoms. The summed E-state index contributed by atoms with van der Waals surface area (Å²) >= 11 is 1.57. The highest BCUT2D eigenvalue weighted by Gasteiger charge is 2.11. The Bertz CT molecular complexity index is 780. The molecule has 7 nitrogen and oxygen atoms in total. The second kappa shape index (κ2) is 4.89. The zero-order valence-electron chi connectivity index (χ0n) is 10.5. The van der Waals surface area contributed by atoms with Gasteiger partial charge in [0.1, 0.15) is 5.52 Å². The minimum absolute atomic E-state index is 0.00697. The number of nitrogens with one attached hydrogen (secondary N) is 1. The number of aromatic nitrogens is 2. The van der Waals surface area contributed by atoms with E-state index in [-0.39, 0.29) is 5.69 Å². The van der Waals surface area contributed by atoms with Crippen molar-refractivity contribution in [3.63, 3.8) is 0 Å². The van der Waals surface area contributed by atoms with Crippen LogP contribution in [0.5, 0.6) is 0 Å². The first kappa shape index (κ1) is 12.5. The van der Waals surface area contributed by atoms with Gasteiger partial charge in [0.2, 0.25) is 0 Å². The molecular weight excluding hydrogens is 280 g/mol. The van der Waals surface area contributed by atoms with Gasteiger partial charge in [-0.1, -0.05) is 0 Å². The summed E-state index contributed by atoms with van der Waals surface area (Å²) in [5.41, 5.74) is 1.86. The molecule has 8 heteroatoms. The Labute approximate surface area is 117 Å². The summed E-state index contributed by atoms with van der Waals surface area (Å²) in [5, 5.41) is 16.6. The van der Waals surface area contributed by atoms with Gasteiger partial charge in [-0.15, -0.1) is 11.3 Å². The zero-order valence-corrected chi connectivity index (χ0v) is 11.3. The van der Waals surface area contributed by atoms with Crippen LogP contribution in [0.4, 0.5) is 11.7 Å². The van der Waals surface area contributed by atoms with Gasteiger partial charge in [-0.25, -0.2) is 4.98 Å². The summed E-state index contributed by atoms with van der Waals surface area (Å²) in [6.45, 7) is 2.44. The summed E-state index contributed by atoms with van der Waals surface area (Å²) in [4.78, 5) is 18.7. The van der Waals surface area contributed by atoms with Crippen LogP contribution >= 0.6 is 11.3 Å². The number of benzene rings is 1. The number of rotatable bonds is 4. The van der Waals surface area contributed by atoms with Crippen molar-refractivity contribution in [1.82, 2.24) is 9.97 Å². The topological polar surface area (TPSA) is 94.1 Å². The number of non-ortho nitro benzene ring substituents is 1. The van der Waals surface area contributed by atoms with Crippen LogP contribution in [-0.2, 0) is 6.54 Å².